The molecule has 28 heavy (non-hydrogen) atoms. The Morgan fingerprint density at radius 2 is 1.71 bits per heavy atom. The third kappa shape index (κ3) is 6.27. The number of carbonyl (C=O) groups is 1. The lowest BCUT2D eigenvalue weighted by atomic mass is 9.90. The standard InChI is InChI=1S/C23H30N2O3/c1-27-21-9-5-6-10-22(21)28-16-13-24-23(26)18-25-14-11-20(12-15-25)17-19-7-3-2-4-8-19/h2-10,20H,11-18H2,1H3,(H,24,26)/p+1. The van der Waals surface area contributed by atoms with Crippen molar-refractivity contribution in [2.75, 3.05) is 39.9 Å². The van der Waals surface area contributed by atoms with Crippen LogP contribution in [-0.4, -0.2) is 45.8 Å². The number of likely N-dealkylation sites (tertiary alicyclic amines) is 1. The quantitative estimate of drug-likeness (QED) is 0.649. The molecule has 0 radical (unpaired) electrons. The van der Waals surface area contributed by atoms with E-state index in [0.29, 0.717) is 31.2 Å². The Hall–Kier alpha value is -2.53. The molecule has 0 spiro atoms. The van der Waals surface area contributed by atoms with Crippen LogP contribution in [-0.2, 0) is 11.2 Å². The number of rotatable bonds is 9. The zero-order chi connectivity index (χ0) is 19.6. The first-order chi connectivity index (χ1) is 13.7. The number of piperidine rings is 1. The van der Waals surface area contributed by atoms with Crippen LogP contribution in [0.5, 0.6) is 11.5 Å². The highest BCUT2D eigenvalue weighted by Crippen LogP contribution is 2.25. The number of nitrogens with one attached hydrogen (secondary N) is 2. The molecule has 2 N–H and O–H groups in total. The Labute approximate surface area is 167 Å². The van der Waals surface area contributed by atoms with Gasteiger partial charge in [-0.15, -0.1) is 0 Å². The Balaban J connectivity index is 1.30. The van der Waals surface area contributed by atoms with Crippen LogP contribution in [0, 0.1) is 5.92 Å². The molecule has 0 unspecified atom stereocenters. The molecule has 150 valence electrons. The van der Waals surface area contributed by atoms with E-state index in [1.807, 2.05) is 24.3 Å². The molecule has 1 saturated heterocycles. The molecule has 1 aliphatic rings. The number of methoxy groups -OCH3 is 1. The van der Waals surface area contributed by atoms with Gasteiger partial charge in [-0.3, -0.25) is 4.79 Å². The first-order valence-electron chi connectivity index (χ1n) is 10.1. The van der Waals surface area contributed by atoms with Crippen molar-refractivity contribution in [1.29, 1.82) is 0 Å². The molecular formula is C23H31N2O3+. The summed E-state index contributed by atoms with van der Waals surface area (Å²) in [4.78, 5) is 13.6. The monoisotopic (exact) mass is 383 g/mol. The fourth-order valence-electron chi connectivity index (χ4n) is 3.79. The van der Waals surface area contributed by atoms with Crippen molar-refractivity contribution in [2.24, 2.45) is 5.92 Å². The van der Waals surface area contributed by atoms with Gasteiger partial charge in [-0.1, -0.05) is 42.5 Å². The third-order valence-electron chi connectivity index (χ3n) is 5.34. The van der Waals surface area contributed by atoms with Gasteiger partial charge in [-0.05, 0) is 42.9 Å². The summed E-state index contributed by atoms with van der Waals surface area (Å²) in [5, 5.41) is 2.96. The van der Waals surface area contributed by atoms with E-state index >= 15 is 0 Å². The van der Waals surface area contributed by atoms with Crippen LogP contribution in [0.2, 0.25) is 0 Å². The van der Waals surface area contributed by atoms with Gasteiger partial charge in [0.25, 0.3) is 5.91 Å². The van der Waals surface area contributed by atoms with Crippen molar-refractivity contribution >= 4 is 5.91 Å². The van der Waals surface area contributed by atoms with Gasteiger partial charge in [0.2, 0.25) is 0 Å². The van der Waals surface area contributed by atoms with E-state index in [2.05, 4.69) is 35.6 Å². The van der Waals surface area contributed by atoms with E-state index in [-0.39, 0.29) is 5.91 Å². The highest BCUT2D eigenvalue weighted by molar-refractivity contribution is 5.76. The summed E-state index contributed by atoms with van der Waals surface area (Å²) in [6.45, 7) is 3.62. The average molecular weight is 384 g/mol. The second kappa shape index (κ2) is 10.7. The largest absolute Gasteiger partial charge is 0.493 e. The van der Waals surface area contributed by atoms with E-state index < -0.39 is 0 Å². The summed E-state index contributed by atoms with van der Waals surface area (Å²) in [5.74, 6) is 2.24. The van der Waals surface area contributed by atoms with Gasteiger partial charge in [-0.2, -0.15) is 0 Å². The summed E-state index contributed by atoms with van der Waals surface area (Å²) in [5.41, 5.74) is 1.42. The van der Waals surface area contributed by atoms with Gasteiger partial charge in [0.15, 0.2) is 18.0 Å². The first-order valence-corrected chi connectivity index (χ1v) is 10.1. The highest BCUT2D eigenvalue weighted by Gasteiger charge is 2.23. The second-order valence-corrected chi connectivity index (χ2v) is 7.41. The molecule has 1 heterocycles. The highest BCUT2D eigenvalue weighted by atomic mass is 16.5. The summed E-state index contributed by atoms with van der Waals surface area (Å²) >= 11 is 0. The van der Waals surface area contributed by atoms with Crippen LogP contribution in [0.15, 0.2) is 54.6 Å². The topological polar surface area (TPSA) is 52.0 Å². The Bertz CT molecular complexity index is 728. The average Bonchev–Trinajstić information content (AvgIpc) is 2.74. The molecule has 5 nitrogen and oxygen atoms in total. The van der Waals surface area contributed by atoms with Crippen molar-refractivity contribution in [3.05, 3.63) is 60.2 Å². The van der Waals surface area contributed by atoms with E-state index in [4.69, 9.17) is 9.47 Å². The zero-order valence-electron chi connectivity index (χ0n) is 16.7. The minimum atomic E-state index is 0.0973. The van der Waals surface area contributed by atoms with Crippen LogP contribution >= 0.6 is 0 Å². The second-order valence-electron chi connectivity index (χ2n) is 7.41. The van der Waals surface area contributed by atoms with Crippen LogP contribution in [0.1, 0.15) is 18.4 Å². The summed E-state index contributed by atoms with van der Waals surface area (Å²) in [7, 11) is 1.62. The van der Waals surface area contributed by atoms with Gasteiger partial charge in [-0.25, -0.2) is 0 Å². The predicted octanol–water partition coefficient (Wildman–Crippen LogP) is 1.73. The normalized spacial score (nSPS) is 19.0. The van der Waals surface area contributed by atoms with Crippen LogP contribution < -0.4 is 19.7 Å². The fraction of sp³-hybridized carbons (Fsp3) is 0.435. The lowest BCUT2D eigenvalue weighted by Gasteiger charge is -2.29. The van der Waals surface area contributed by atoms with Crippen molar-refractivity contribution in [3.8, 4) is 11.5 Å². The maximum absolute atomic E-state index is 12.2. The van der Waals surface area contributed by atoms with Crippen LogP contribution in [0.4, 0.5) is 0 Å². The van der Waals surface area contributed by atoms with E-state index in [1.165, 1.54) is 23.3 Å². The smallest absolute Gasteiger partial charge is 0.275 e. The number of carbonyl (C=O) groups excluding carboxylic acids is 1. The lowest BCUT2D eigenvalue weighted by Crippen LogP contribution is -3.14. The molecular weight excluding hydrogens is 352 g/mol. The van der Waals surface area contributed by atoms with E-state index in [1.54, 1.807) is 7.11 Å². The maximum Gasteiger partial charge on any atom is 0.275 e. The minimum absolute atomic E-state index is 0.0973. The van der Waals surface area contributed by atoms with Gasteiger partial charge in [0, 0.05) is 0 Å². The molecule has 0 aromatic heterocycles. The molecule has 0 saturated carbocycles. The molecule has 5 heteroatoms. The summed E-state index contributed by atoms with van der Waals surface area (Å²) in [6.07, 6.45) is 3.53. The summed E-state index contributed by atoms with van der Waals surface area (Å²) in [6, 6.07) is 18.2. The first kappa shape index (κ1) is 20.2. The molecule has 2 aromatic carbocycles. The molecule has 0 aliphatic carbocycles. The Morgan fingerprint density at radius 3 is 2.43 bits per heavy atom. The van der Waals surface area contributed by atoms with Crippen LogP contribution in [0.3, 0.4) is 0 Å². The molecule has 0 atom stereocenters. The van der Waals surface area contributed by atoms with Crippen molar-refractivity contribution < 1.29 is 19.2 Å². The maximum atomic E-state index is 12.2. The Kier molecular flexibility index (Phi) is 7.73. The molecule has 1 aliphatic heterocycles. The number of hydrogen-bond donors (Lipinski definition) is 2. The zero-order valence-corrected chi connectivity index (χ0v) is 16.7. The van der Waals surface area contributed by atoms with Gasteiger partial charge in [0.1, 0.15) is 6.61 Å². The predicted molar refractivity (Wildman–Crippen MR) is 110 cm³/mol. The van der Waals surface area contributed by atoms with Gasteiger partial charge >= 0.3 is 0 Å². The number of amides is 1. The lowest BCUT2D eigenvalue weighted by molar-refractivity contribution is -0.898. The van der Waals surface area contributed by atoms with E-state index in [9.17, 15) is 4.79 Å². The van der Waals surface area contributed by atoms with Crippen LogP contribution in [0.25, 0.3) is 0 Å². The minimum Gasteiger partial charge on any atom is -0.493 e. The van der Waals surface area contributed by atoms with E-state index in [0.717, 1.165) is 25.4 Å². The molecule has 3 rings (SSSR count). The number of para-hydroxylation sites is 2. The molecule has 1 fully saturated rings. The molecule has 0 bridgehead atoms. The van der Waals surface area contributed by atoms with Crippen molar-refractivity contribution in [3.63, 3.8) is 0 Å². The SMILES string of the molecule is COc1ccccc1OCCNC(=O)C[NH+]1CCC(Cc2ccccc2)CC1. The summed E-state index contributed by atoms with van der Waals surface area (Å²) < 4.78 is 10.9. The molecule has 2 aromatic rings. The number of hydrogen-bond acceptors (Lipinski definition) is 3. The third-order valence-corrected chi connectivity index (χ3v) is 5.34. The van der Waals surface area contributed by atoms with Crippen molar-refractivity contribution in [1.82, 2.24) is 5.32 Å². The number of ether oxygens (including phenoxy) is 2. The van der Waals surface area contributed by atoms with Gasteiger partial charge in [0.05, 0.1) is 26.7 Å². The number of quaternary nitrogens is 1. The van der Waals surface area contributed by atoms with Gasteiger partial charge < -0.3 is 19.7 Å². The Morgan fingerprint density at radius 1 is 1.04 bits per heavy atom. The van der Waals surface area contributed by atoms with Crippen molar-refractivity contribution in [2.45, 2.75) is 19.3 Å². The fourth-order valence-corrected chi connectivity index (χ4v) is 3.79. The number of benzene rings is 2. The molecule has 1 amide bonds.